The number of anilines is 2. The molecule has 0 aliphatic carbocycles. The van der Waals surface area contributed by atoms with Crippen LogP contribution in [0.4, 0.5) is 11.5 Å². The third-order valence-corrected chi connectivity index (χ3v) is 3.00. The first-order valence-electron chi connectivity index (χ1n) is 5.65. The Morgan fingerprint density at radius 3 is 2.68 bits per heavy atom. The third-order valence-electron chi connectivity index (χ3n) is 2.70. The average molecular weight is 277 g/mol. The van der Waals surface area contributed by atoms with Crippen LogP contribution in [0.15, 0.2) is 36.8 Å². The van der Waals surface area contributed by atoms with Crippen LogP contribution in [0.2, 0.25) is 5.02 Å². The fourth-order valence-corrected chi connectivity index (χ4v) is 1.79. The van der Waals surface area contributed by atoms with Crippen molar-refractivity contribution in [2.75, 3.05) is 24.3 Å². The Labute approximate surface area is 116 Å². The highest BCUT2D eigenvalue weighted by molar-refractivity contribution is 6.34. The van der Waals surface area contributed by atoms with Gasteiger partial charge in [0.1, 0.15) is 5.82 Å². The van der Waals surface area contributed by atoms with Crippen LogP contribution in [0, 0.1) is 0 Å². The molecule has 1 amide bonds. The van der Waals surface area contributed by atoms with Crippen molar-refractivity contribution < 1.29 is 4.79 Å². The quantitative estimate of drug-likeness (QED) is 0.935. The van der Waals surface area contributed by atoms with E-state index in [9.17, 15) is 4.79 Å². The van der Waals surface area contributed by atoms with Crippen LogP contribution in [0.5, 0.6) is 0 Å². The highest BCUT2D eigenvalue weighted by Crippen LogP contribution is 2.21. The molecule has 2 aromatic heterocycles. The normalized spacial score (nSPS) is 10.1. The van der Waals surface area contributed by atoms with Crippen LogP contribution >= 0.6 is 11.6 Å². The van der Waals surface area contributed by atoms with E-state index >= 15 is 0 Å². The number of aromatic nitrogens is 2. The second-order valence-corrected chi connectivity index (χ2v) is 4.28. The zero-order valence-corrected chi connectivity index (χ0v) is 11.3. The van der Waals surface area contributed by atoms with E-state index in [2.05, 4.69) is 15.3 Å². The zero-order chi connectivity index (χ0) is 13.8. The number of rotatable bonds is 3. The summed E-state index contributed by atoms with van der Waals surface area (Å²) < 4.78 is 0. The minimum absolute atomic E-state index is 0.199. The van der Waals surface area contributed by atoms with E-state index in [1.807, 2.05) is 0 Å². The number of hydrogen-bond acceptors (Lipinski definition) is 4. The Bertz CT molecular complexity index is 588. The SMILES string of the molecule is CNc1cc(C(=O)N(C)c2ccncc2)c(Cl)cn1. The number of carbonyl (C=O) groups is 1. The van der Waals surface area contributed by atoms with Crippen molar-refractivity contribution in [1.29, 1.82) is 0 Å². The van der Waals surface area contributed by atoms with Crippen LogP contribution in [0.25, 0.3) is 0 Å². The summed E-state index contributed by atoms with van der Waals surface area (Å²) >= 11 is 6.03. The van der Waals surface area contributed by atoms with E-state index in [-0.39, 0.29) is 5.91 Å². The summed E-state index contributed by atoms with van der Waals surface area (Å²) in [5, 5.41) is 3.20. The Kier molecular flexibility index (Phi) is 3.97. The van der Waals surface area contributed by atoms with Crippen LogP contribution in [0.3, 0.4) is 0 Å². The lowest BCUT2D eigenvalue weighted by molar-refractivity contribution is 0.0993. The number of amides is 1. The van der Waals surface area contributed by atoms with Gasteiger partial charge in [0.25, 0.3) is 5.91 Å². The van der Waals surface area contributed by atoms with E-state index in [0.29, 0.717) is 16.4 Å². The Morgan fingerprint density at radius 2 is 2.05 bits per heavy atom. The molecule has 0 spiro atoms. The molecule has 19 heavy (non-hydrogen) atoms. The van der Waals surface area contributed by atoms with Gasteiger partial charge in [-0.1, -0.05) is 11.6 Å². The fraction of sp³-hybridized carbons (Fsp3) is 0.154. The maximum atomic E-state index is 12.4. The van der Waals surface area contributed by atoms with E-state index in [0.717, 1.165) is 5.69 Å². The van der Waals surface area contributed by atoms with E-state index in [4.69, 9.17) is 11.6 Å². The smallest absolute Gasteiger partial charge is 0.259 e. The molecular weight excluding hydrogens is 264 g/mol. The molecule has 0 aliphatic rings. The van der Waals surface area contributed by atoms with E-state index in [1.54, 1.807) is 44.7 Å². The van der Waals surface area contributed by atoms with Gasteiger partial charge in [0.05, 0.1) is 10.6 Å². The van der Waals surface area contributed by atoms with Gasteiger partial charge in [-0.15, -0.1) is 0 Å². The first-order chi connectivity index (χ1) is 9.13. The van der Waals surface area contributed by atoms with Gasteiger partial charge in [0, 0.05) is 38.4 Å². The Hall–Kier alpha value is -2.14. The molecule has 0 fully saturated rings. The lowest BCUT2D eigenvalue weighted by Gasteiger charge is -2.18. The maximum absolute atomic E-state index is 12.4. The predicted octanol–water partition coefficient (Wildman–Crippen LogP) is 2.45. The van der Waals surface area contributed by atoms with Crippen LogP contribution in [0.1, 0.15) is 10.4 Å². The molecule has 5 nitrogen and oxygen atoms in total. The average Bonchev–Trinajstić information content (AvgIpc) is 2.47. The summed E-state index contributed by atoms with van der Waals surface area (Å²) in [6.07, 6.45) is 4.72. The number of pyridine rings is 2. The molecule has 0 bridgehead atoms. The summed E-state index contributed by atoms with van der Waals surface area (Å²) in [7, 11) is 3.42. The standard InChI is InChI=1S/C13H13ClN4O/c1-15-12-7-10(11(14)8-17-12)13(19)18(2)9-3-5-16-6-4-9/h3-8H,1-2H3,(H,15,17). The molecule has 0 aliphatic heterocycles. The number of carbonyl (C=O) groups excluding carboxylic acids is 1. The summed E-state index contributed by atoms with van der Waals surface area (Å²) in [6.45, 7) is 0. The molecule has 6 heteroatoms. The van der Waals surface area contributed by atoms with Crippen LogP contribution in [-0.4, -0.2) is 30.0 Å². The van der Waals surface area contributed by atoms with Crippen molar-refractivity contribution in [2.45, 2.75) is 0 Å². The summed E-state index contributed by atoms with van der Waals surface area (Å²) in [5.74, 6) is 0.394. The minimum atomic E-state index is -0.199. The first kappa shape index (κ1) is 13.3. The van der Waals surface area contributed by atoms with Gasteiger partial charge in [-0.05, 0) is 18.2 Å². The number of nitrogens with one attached hydrogen (secondary N) is 1. The van der Waals surface area contributed by atoms with Crippen molar-refractivity contribution >= 4 is 29.0 Å². The molecule has 0 unspecified atom stereocenters. The van der Waals surface area contributed by atoms with E-state index in [1.165, 1.54) is 11.1 Å². The third kappa shape index (κ3) is 2.82. The molecule has 2 heterocycles. The highest BCUT2D eigenvalue weighted by Gasteiger charge is 2.17. The zero-order valence-electron chi connectivity index (χ0n) is 10.6. The largest absolute Gasteiger partial charge is 0.373 e. The van der Waals surface area contributed by atoms with Gasteiger partial charge in [0.15, 0.2) is 0 Å². The molecular formula is C13H13ClN4O. The number of hydrogen-bond donors (Lipinski definition) is 1. The molecule has 0 saturated carbocycles. The van der Waals surface area contributed by atoms with Gasteiger partial charge >= 0.3 is 0 Å². The van der Waals surface area contributed by atoms with Crippen LogP contribution in [-0.2, 0) is 0 Å². The minimum Gasteiger partial charge on any atom is -0.373 e. The van der Waals surface area contributed by atoms with Crippen molar-refractivity contribution in [3.63, 3.8) is 0 Å². The molecule has 1 N–H and O–H groups in total. The molecule has 2 aromatic rings. The van der Waals surface area contributed by atoms with Gasteiger partial charge in [-0.25, -0.2) is 4.98 Å². The molecule has 98 valence electrons. The molecule has 0 radical (unpaired) electrons. The van der Waals surface area contributed by atoms with Crippen molar-refractivity contribution in [3.8, 4) is 0 Å². The van der Waals surface area contributed by atoms with Crippen LogP contribution < -0.4 is 10.2 Å². The van der Waals surface area contributed by atoms with Gasteiger partial charge in [-0.3, -0.25) is 9.78 Å². The lowest BCUT2D eigenvalue weighted by Crippen LogP contribution is -2.26. The van der Waals surface area contributed by atoms with Crippen molar-refractivity contribution in [3.05, 3.63) is 47.4 Å². The van der Waals surface area contributed by atoms with Gasteiger partial charge in [-0.2, -0.15) is 0 Å². The summed E-state index contributed by atoms with van der Waals surface area (Å²) in [4.78, 5) is 21.9. The monoisotopic (exact) mass is 276 g/mol. The van der Waals surface area contributed by atoms with E-state index < -0.39 is 0 Å². The predicted molar refractivity (Wildman–Crippen MR) is 75.8 cm³/mol. The molecule has 2 rings (SSSR count). The second kappa shape index (κ2) is 5.67. The van der Waals surface area contributed by atoms with Gasteiger partial charge < -0.3 is 10.2 Å². The topological polar surface area (TPSA) is 58.1 Å². The Morgan fingerprint density at radius 1 is 1.37 bits per heavy atom. The summed E-state index contributed by atoms with van der Waals surface area (Å²) in [5.41, 5.74) is 1.15. The first-order valence-corrected chi connectivity index (χ1v) is 6.02. The number of halogens is 1. The molecule has 0 aromatic carbocycles. The van der Waals surface area contributed by atoms with Crippen molar-refractivity contribution in [1.82, 2.24) is 9.97 Å². The van der Waals surface area contributed by atoms with Crippen molar-refractivity contribution in [2.24, 2.45) is 0 Å². The number of nitrogens with zero attached hydrogens (tertiary/aromatic N) is 3. The fourth-order valence-electron chi connectivity index (χ4n) is 1.60. The molecule has 0 atom stereocenters. The summed E-state index contributed by atoms with van der Waals surface area (Å²) in [6, 6.07) is 5.14. The second-order valence-electron chi connectivity index (χ2n) is 3.87. The highest BCUT2D eigenvalue weighted by atomic mass is 35.5. The van der Waals surface area contributed by atoms with Gasteiger partial charge in [0.2, 0.25) is 0 Å². The maximum Gasteiger partial charge on any atom is 0.259 e. The lowest BCUT2D eigenvalue weighted by atomic mass is 10.2. The molecule has 0 saturated heterocycles. The Balaban J connectivity index is 2.34.